The fraction of sp³-hybridized carbons (Fsp3) is 0.300. The van der Waals surface area contributed by atoms with Crippen LogP contribution in [-0.4, -0.2) is 40.3 Å². The van der Waals surface area contributed by atoms with Gasteiger partial charge in [-0.15, -0.1) is 0 Å². The second-order valence-corrected chi connectivity index (χ2v) is 5.68. The number of hydrogen-bond acceptors (Lipinski definition) is 6. The SMILES string of the molecule is CCC(=O)Nc1ccc(C(=O)Nc2cc(OC)c(OC)c(OC)c2)cc1OC. The van der Waals surface area contributed by atoms with Gasteiger partial charge in [0.1, 0.15) is 5.75 Å². The molecule has 0 aliphatic heterocycles. The van der Waals surface area contributed by atoms with Gasteiger partial charge in [-0.25, -0.2) is 0 Å². The third-order valence-corrected chi connectivity index (χ3v) is 3.98. The summed E-state index contributed by atoms with van der Waals surface area (Å²) in [7, 11) is 5.97. The van der Waals surface area contributed by atoms with Crippen molar-refractivity contribution in [2.75, 3.05) is 39.1 Å². The van der Waals surface area contributed by atoms with E-state index in [2.05, 4.69) is 10.6 Å². The van der Waals surface area contributed by atoms with Gasteiger partial charge in [0.25, 0.3) is 5.91 Å². The number of methoxy groups -OCH3 is 4. The summed E-state index contributed by atoms with van der Waals surface area (Å²) in [5.41, 5.74) is 1.33. The van der Waals surface area contributed by atoms with E-state index >= 15 is 0 Å². The maximum atomic E-state index is 12.7. The maximum Gasteiger partial charge on any atom is 0.255 e. The Morgan fingerprint density at radius 3 is 1.93 bits per heavy atom. The Labute approximate surface area is 163 Å². The first-order valence-corrected chi connectivity index (χ1v) is 8.56. The first-order valence-electron chi connectivity index (χ1n) is 8.56. The van der Waals surface area contributed by atoms with Gasteiger partial charge >= 0.3 is 0 Å². The number of benzene rings is 2. The van der Waals surface area contributed by atoms with Crippen LogP contribution in [0.4, 0.5) is 11.4 Å². The van der Waals surface area contributed by atoms with Crippen LogP contribution >= 0.6 is 0 Å². The van der Waals surface area contributed by atoms with Crippen LogP contribution in [0.3, 0.4) is 0 Å². The first-order chi connectivity index (χ1) is 13.5. The van der Waals surface area contributed by atoms with Crippen molar-refractivity contribution in [2.45, 2.75) is 13.3 Å². The van der Waals surface area contributed by atoms with E-state index in [0.29, 0.717) is 46.4 Å². The standard InChI is InChI=1S/C20H24N2O6/c1-6-18(23)22-14-8-7-12(9-15(14)25-2)20(24)21-13-10-16(26-3)19(28-5)17(11-13)27-4/h7-11H,6H2,1-5H3,(H,21,24)(H,22,23). The lowest BCUT2D eigenvalue weighted by Gasteiger charge is -2.15. The monoisotopic (exact) mass is 388 g/mol. The van der Waals surface area contributed by atoms with E-state index < -0.39 is 0 Å². The molecule has 0 bridgehead atoms. The molecule has 8 heteroatoms. The van der Waals surface area contributed by atoms with Gasteiger partial charge in [-0.1, -0.05) is 6.92 Å². The number of nitrogens with one attached hydrogen (secondary N) is 2. The topological polar surface area (TPSA) is 95.1 Å². The minimum absolute atomic E-state index is 0.145. The van der Waals surface area contributed by atoms with Crippen LogP contribution in [-0.2, 0) is 4.79 Å². The van der Waals surface area contributed by atoms with Crippen molar-refractivity contribution < 1.29 is 28.5 Å². The lowest BCUT2D eigenvalue weighted by atomic mass is 10.1. The van der Waals surface area contributed by atoms with Crippen molar-refractivity contribution in [1.29, 1.82) is 0 Å². The molecule has 0 radical (unpaired) electrons. The summed E-state index contributed by atoms with van der Waals surface area (Å²) >= 11 is 0. The molecule has 2 amide bonds. The summed E-state index contributed by atoms with van der Waals surface area (Å²) in [4.78, 5) is 24.3. The molecule has 0 heterocycles. The van der Waals surface area contributed by atoms with Crippen LogP contribution in [0.15, 0.2) is 30.3 Å². The second-order valence-electron chi connectivity index (χ2n) is 5.68. The van der Waals surface area contributed by atoms with Crippen LogP contribution in [0.25, 0.3) is 0 Å². The number of ether oxygens (including phenoxy) is 4. The first kappa shape index (κ1) is 20.9. The molecule has 2 N–H and O–H groups in total. The molecule has 28 heavy (non-hydrogen) atoms. The fourth-order valence-corrected chi connectivity index (χ4v) is 2.53. The van der Waals surface area contributed by atoms with Crippen molar-refractivity contribution in [3.63, 3.8) is 0 Å². The van der Waals surface area contributed by atoms with E-state index in [9.17, 15) is 9.59 Å². The van der Waals surface area contributed by atoms with Crippen molar-refractivity contribution in [2.24, 2.45) is 0 Å². The Kier molecular flexibility index (Phi) is 7.08. The molecule has 0 saturated carbocycles. The smallest absolute Gasteiger partial charge is 0.255 e. The van der Waals surface area contributed by atoms with Crippen LogP contribution in [0.1, 0.15) is 23.7 Å². The van der Waals surface area contributed by atoms with E-state index in [0.717, 1.165) is 0 Å². The predicted octanol–water partition coefficient (Wildman–Crippen LogP) is 3.32. The minimum Gasteiger partial charge on any atom is -0.495 e. The molecule has 2 aromatic rings. The van der Waals surface area contributed by atoms with Crippen LogP contribution in [0.2, 0.25) is 0 Å². The lowest BCUT2D eigenvalue weighted by molar-refractivity contribution is -0.115. The number of anilines is 2. The largest absolute Gasteiger partial charge is 0.495 e. The zero-order valence-corrected chi connectivity index (χ0v) is 16.5. The number of amides is 2. The Hall–Kier alpha value is -3.42. The Morgan fingerprint density at radius 2 is 1.43 bits per heavy atom. The van der Waals surface area contributed by atoms with Gasteiger partial charge in [-0.05, 0) is 18.2 Å². The van der Waals surface area contributed by atoms with E-state index in [-0.39, 0.29) is 11.8 Å². The maximum absolute atomic E-state index is 12.7. The molecule has 8 nitrogen and oxygen atoms in total. The molecule has 0 unspecified atom stereocenters. The molecule has 0 atom stereocenters. The number of hydrogen-bond donors (Lipinski definition) is 2. The Balaban J connectivity index is 2.28. The summed E-state index contributed by atoms with van der Waals surface area (Å²) in [6.45, 7) is 1.75. The molecule has 0 aliphatic rings. The molecule has 150 valence electrons. The molecule has 0 aromatic heterocycles. The molecule has 2 rings (SSSR count). The molecule has 2 aromatic carbocycles. The highest BCUT2D eigenvalue weighted by Crippen LogP contribution is 2.40. The quantitative estimate of drug-likeness (QED) is 0.720. The summed E-state index contributed by atoms with van der Waals surface area (Å²) in [6, 6.07) is 8.04. The van der Waals surface area contributed by atoms with Crippen molar-refractivity contribution >= 4 is 23.2 Å². The van der Waals surface area contributed by atoms with E-state index in [1.807, 2.05) is 0 Å². The van der Waals surface area contributed by atoms with Gasteiger partial charge in [-0.3, -0.25) is 9.59 Å². The number of carbonyl (C=O) groups excluding carboxylic acids is 2. The van der Waals surface area contributed by atoms with E-state index in [4.69, 9.17) is 18.9 Å². The zero-order valence-electron chi connectivity index (χ0n) is 16.5. The van der Waals surface area contributed by atoms with Crippen LogP contribution < -0.4 is 29.6 Å². The second kappa shape index (κ2) is 9.50. The third-order valence-electron chi connectivity index (χ3n) is 3.98. The van der Waals surface area contributed by atoms with Gasteiger partial charge in [0.2, 0.25) is 11.7 Å². The predicted molar refractivity (Wildman–Crippen MR) is 106 cm³/mol. The molecule has 0 saturated heterocycles. The molecular formula is C20H24N2O6. The Morgan fingerprint density at radius 1 is 0.821 bits per heavy atom. The Bertz CT molecular complexity index is 841. The molecular weight excluding hydrogens is 364 g/mol. The normalized spacial score (nSPS) is 10.0. The average Bonchev–Trinajstić information content (AvgIpc) is 2.72. The molecule has 0 fully saturated rings. The molecule has 0 spiro atoms. The van der Waals surface area contributed by atoms with Gasteiger partial charge < -0.3 is 29.6 Å². The van der Waals surface area contributed by atoms with Crippen molar-refractivity contribution in [1.82, 2.24) is 0 Å². The summed E-state index contributed by atoms with van der Waals surface area (Å²) in [5, 5.41) is 5.51. The van der Waals surface area contributed by atoms with Gasteiger partial charge in [0.05, 0.1) is 34.1 Å². The van der Waals surface area contributed by atoms with Gasteiger partial charge in [0, 0.05) is 29.8 Å². The fourth-order valence-electron chi connectivity index (χ4n) is 2.53. The van der Waals surface area contributed by atoms with E-state index in [1.165, 1.54) is 28.4 Å². The van der Waals surface area contributed by atoms with Crippen molar-refractivity contribution in [3.05, 3.63) is 35.9 Å². The van der Waals surface area contributed by atoms with Crippen molar-refractivity contribution in [3.8, 4) is 23.0 Å². The minimum atomic E-state index is -0.360. The highest BCUT2D eigenvalue weighted by atomic mass is 16.5. The highest BCUT2D eigenvalue weighted by Gasteiger charge is 2.16. The summed E-state index contributed by atoms with van der Waals surface area (Å²) in [6.07, 6.45) is 0.340. The lowest BCUT2D eigenvalue weighted by Crippen LogP contribution is -2.14. The van der Waals surface area contributed by atoms with E-state index in [1.54, 1.807) is 37.3 Å². The number of rotatable bonds is 8. The van der Waals surface area contributed by atoms with Gasteiger partial charge in [0.15, 0.2) is 11.5 Å². The zero-order chi connectivity index (χ0) is 20.7. The van der Waals surface area contributed by atoms with Gasteiger partial charge in [-0.2, -0.15) is 0 Å². The van der Waals surface area contributed by atoms with Crippen LogP contribution in [0.5, 0.6) is 23.0 Å². The average molecular weight is 388 g/mol. The summed E-state index contributed by atoms with van der Waals surface area (Å²) in [5.74, 6) is 1.16. The third kappa shape index (κ3) is 4.64. The van der Waals surface area contributed by atoms with Crippen LogP contribution in [0, 0.1) is 0 Å². The summed E-state index contributed by atoms with van der Waals surface area (Å²) < 4.78 is 21.1. The highest BCUT2D eigenvalue weighted by molar-refractivity contribution is 6.05. The number of carbonyl (C=O) groups is 2. The molecule has 0 aliphatic carbocycles.